The summed E-state index contributed by atoms with van der Waals surface area (Å²) < 4.78 is 11.1. The molecule has 2 saturated heterocycles. The minimum Gasteiger partial charge on any atom is -0.381 e. The highest BCUT2D eigenvalue weighted by atomic mass is 35.5. The molecule has 92 valence electrons. The standard InChI is InChI=1S/C11H18ClNO3/c12-8-10(14)13-11(3-6-15-7-4-11)9-2-1-5-16-9/h9H,1-8H2,(H,13,14). The van der Waals surface area contributed by atoms with Gasteiger partial charge in [0.15, 0.2) is 0 Å². The van der Waals surface area contributed by atoms with Gasteiger partial charge in [0.1, 0.15) is 5.88 Å². The zero-order valence-corrected chi connectivity index (χ0v) is 10.1. The average molecular weight is 248 g/mol. The van der Waals surface area contributed by atoms with Crippen molar-refractivity contribution >= 4 is 17.5 Å². The van der Waals surface area contributed by atoms with Gasteiger partial charge in [-0.15, -0.1) is 11.6 Å². The predicted molar refractivity (Wildman–Crippen MR) is 60.6 cm³/mol. The van der Waals surface area contributed by atoms with E-state index in [9.17, 15) is 4.79 Å². The van der Waals surface area contributed by atoms with Gasteiger partial charge in [-0.05, 0) is 25.7 Å². The number of nitrogens with one attached hydrogen (secondary N) is 1. The molecule has 0 aromatic rings. The Kier molecular flexibility index (Phi) is 4.05. The maximum atomic E-state index is 11.5. The molecule has 0 saturated carbocycles. The summed E-state index contributed by atoms with van der Waals surface area (Å²) in [7, 11) is 0. The van der Waals surface area contributed by atoms with Crippen LogP contribution in [0.5, 0.6) is 0 Å². The molecule has 2 aliphatic heterocycles. The van der Waals surface area contributed by atoms with Gasteiger partial charge in [0.05, 0.1) is 11.6 Å². The summed E-state index contributed by atoms with van der Waals surface area (Å²) in [5, 5.41) is 3.05. The quantitative estimate of drug-likeness (QED) is 0.759. The number of ether oxygens (including phenoxy) is 2. The zero-order valence-electron chi connectivity index (χ0n) is 9.34. The minimum atomic E-state index is -0.249. The van der Waals surface area contributed by atoms with E-state index in [1.165, 1.54) is 0 Å². The van der Waals surface area contributed by atoms with E-state index in [-0.39, 0.29) is 23.4 Å². The minimum absolute atomic E-state index is 0.00925. The SMILES string of the molecule is O=C(CCl)NC1(C2CCCO2)CCOCC1. The van der Waals surface area contributed by atoms with Crippen molar-refractivity contribution in [2.24, 2.45) is 0 Å². The molecule has 2 fully saturated rings. The number of rotatable bonds is 3. The van der Waals surface area contributed by atoms with E-state index in [0.29, 0.717) is 13.2 Å². The van der Waals surface area contributed by atoms with Crippen molar-refractivity contribution < 1.29 is 14.3 Å². The van der Waals surface area contributed by atoms with Gasteiger partial charge in [-0.1, -0.05) is 0 Å². The Bertz CT molecular complexity index is 248. The van der Waals surface area contributed by atoms with Crippen LogP contribution in [0.1, 0.15) is 25.7 Å². The number of alkyl halides is 1. The van der Waals surface area contributed by atoms with Crippen LogP contribution in [0.15, 0.2) is 0 Å². The Morgan fingerprint density at radius 1 is 1.38 bits per heavy atom. The van der Waals surface area contributed by atoms with Crippen LogP contribution in [-0.4, -0.2) is 43.3 Å². The number of halogens is 1. The maximum absolute atomic E-state index is 11.5. The van der Waals surface area contributed by atoms with Crippen molar-refractivity contribution in [2.45, 2.75) is 37.3 Å². The van der Waals surface area contributed by atoms with Gasteiger partial charge >= 0.3 is 0 Å². The van der Waals surface area contributed by atoms with Crippen molar-refractivity contribution in [3.63, 3.8) is 0 Å². The fourth-order valence-corrected chi connectivity index (χ4v) is 2.65. The summed E-state index contributed by atoms with van der Waals surface area (Å²) in [6, 6.07) is 0. The van der Waals surface area contributed by atoms with Crippen LogP contribution in [0.2, 0.25) is 0 Å². The first kappa shape index (κ1) is 12.1. The van der Waals surface area contributed by atoms with Crippen LogP contribution >= 0.6 is 11.6 Å². The van der Waals surface area contributed by atoms with Gasteiger partial charge in [-0.3, -0.25) is 4.79 Å². The number of hydrogen-bond acceptors (Lipinski definition) is 3. The van der Waals surface area contributed by atoms with E-state index in [1.54, 1.807) is 0 Å². The molecule has 0 aliphatic carbocycles. The molecule has 0 aromatic heterocycles. The molecule has 0 aromatic carbocycles. The first-order chi connectivity index (χ1) is 7.77. The summed E-state index contributed by atoms with van der Waals surface area (Å²) in [5.41, 5.74) is -0.249. The molecule has 2 rings (SSSR count). The Morgan fingerprint density at radius 2 is 2.12 bits per heavy atom. The second-order valence-electron chi connectivity index (χ2n) is 4.45. The molecule has 1 atom stereocenters. The first-order valence-electron chi connectivity index (χ1n) is 5.83. The molecule has 1 amide bonds. The van der Waals surface area contributed by atoms with Crippen LogP contribution in [0.25, 0.3) is 0 Å². The molecule has 2 aliphatic rings. The molecule has 1 unspecified atom stereocenters. The Balaban J connectivity index is 2.07. The molecule has 5 heteroatoms. The van der Waals surface area contributed by atoms with Gasteiger partial charge in [0, 0.05) is 19.8 Å². The third kappa shape index (κ3) is 2.50. The molecule has 0 spiro atoms. The van der Waals surface area contributed by atoms with Gasteiger partial charge in [-0.2, -0.15) is 0 Å². The van der Waals surface area contributed by atoms with Crippen molar-refractivity contribution in [1.82, 2.24) is 5.32 Å². The number of carbonyl (C=O) groups excluding carboxylic acids is 1. The fourth-order valence-electron chi connectivity index (χ4n) is 2.59. The molecule has 2 heterocycles. The normalized spacial score (nSPS) is 28.9. The highest BCUT2D eigenvalue weighted by Gasteiger charge is 2.43. The van der Waals surface area contributed by atoms with Gasteiger partial charge in [-0.25, -0.2) is 0 Å². The number of amides is 1. The zero-order chi connectivity index (χ0) is 11.4. The van der Waals surface area contributed by atoms with Crippen molar-refractivity contribution in [3.8, 4) is 0 Å². The monoisotopic (exact) mass is 247 g/mol. The maximum Gasteiger partial charge on any atom is 0.235 e. The van der Waals surface area contributed by atoms with E-state index in [0.717, 1.165) is 32.3 Å². The molecular formula is C11H18ClNO3. The van der Waals surface area contributed by atoms with Crippen LogP contribution in [0.3, 0.4) is 0 Å². The summed E-state index contributed by atoms with van der Waals surface area (Å²) in [5.74, 6) is -0.103. The average Bonchev–Trinajstić information content (AvgIpc) is 2.84. The lowest BCUT2D eigenvalue weighted by Gasteiger charge is -2.41. The Labute approximate surface area is 101 Å². The molecule has 0 radical (unpaired) electrons. The van der Waals surface area contributed by atoms with E-state index in [1.807, 2.05) is 0 Å². The van der Waals surface area contributed by atoms with Crippen molar-refractivity contribution in [2.75, 3.05) is 25.7 Å². The van der Waals surface area contributed by atoms with E-state index in [4.69, 9.17) is 21.1 Å². The Morgan fingerprint density at radius 3 is 2.69 bits per heavy atom. The van der Waals surface area contributed by atoms with Crippen LogP contribution < -0.4 is 5.32 Å². The number of hydrogen-bond donors (Lipinski definition) is 1. The van der Waals surface area contributed by atoms with E-state index < -0.39 is 0 Å². The third-order valence-corrected chi connectivity index (χ3v) is 3.68. The molecule has 16 heavy (non-hydrogen) atoms. The van der Waals surface area contributed by atoms with Crippen LogP contribution in [-0.2, 0) is 14.3 Å². The second-order valence-corrected chi connectivity index (χ2v) is 4.72. The van der Waals surface area contributed by atoms with Gasteiger partial charge in [0.25, 0.3) is 0 Å². The van der Waals surface area contributed by atoms with Crippen LogP contribution in [0, 0.1) is 0 Å². The summed E-state index contributed by atoms with van der Waals surface area (Å²) in [6.07, 6.45) is 3.86. The highest BCUT2D eigenvalue weighted by molar-refractivity contribution is 6.27. The summed E-state index contributed by atoms with van der Waals surface area (Å²) in [6.45, 7) is 2.16. The lowest BCUT2D eigenvalue weighted by atomic mass is 9.83. The largest absolute Gasteiger partial charge is 0.381 e. The van der Waals surface area contributed by atoms with Gasteiger partial charge < -0.3 is 14.8 Å². The summed E-state index contributed by atoms with van der Waals surface area (Å²) in [4.78, 5) is 11.5. The smallest absolute Gasteiger partial charge is 0.235 e. The first-order valence-corrected chi connectivity index (χ1v) is 6.37. The Hall–Kier alpha value is -0.320. The van der Waals surface area contributed by atoms with E-state index in [2.05, 4.69) is 5.32 Å². The summed E-state index contributed by atoms with van der Waals surface area (Å²) >= 11 is 5.56. The number of carbonyl (C=O) groups is 1. The lowest BCUT2D eigenvalue weighted by Crippen LogP contribution is -2.59. The highest BCUT2D eigenvalue weighted by Crippen LogP contribution is 2.32. The lowest BCUT2D eigenvalue weighted by molar-refractivity contribution is -0.125. The second kappa shape index (κ2) is 5.34. The molecule has 1 N–H and O–H groups in total. The molecule has 0 bridgehead atoms. The topological polar surface area (TPSA) is 47.6 Å². The van der Waals surface area contributed by atoms with Gasteiger partial charge in [0.2, 0.25) is 5.91 Å². The van der Waals surface area contributed by atoms with Crippen molar-refractivity contribution in [1.29, 1.82) is 0 Å². The third-order valence-electron chi connectivity index (χ3n) is 3.44. The van der Waals surface area contributed by atoms with E-state index >= 15 is 0 Å². The van der Waals surface area contributed by atoms with Crippen LogP contribution in [0.4, 0.5) is 0 Å². The molecular weight excluding hydrogens is 230 g/mol. The fraction of sp³-hybridized carbons (Fsp3) is 0.909. The van der Waals surface area contributed by atoms with Crippen molar-refractivity contribution in [3.05, 3.63) is 0 Å². The predicted octanol–water partition coefficient (Wildman–Crippen LogP) is 1.07. The molecule has 4 nitrogen and oxygen atoms in total.